The Morgan fingerprint density at radius 2 is 1.51 bits per heavy atom. The molecule has 0 aliphatic heterocycles. The molecule has 0 bridgehead atoms. The van der Waals surface area contributed by atoms with Gasteiger partial charge >= 0.3 is 5.97 Å². The third-order valence-corrected chi connectivity index (χ3v) is 5.57. The van der Waals surface area contributed by atoms with E-state index in [1.165, 1.54) is 6.92 Å². The lowest BCUT2D eigenvalue weighted by Crippen LogP contribution is -2.60. The van der Waals surface area contributed by atoms with Gasteiger partial charge in [0.15, 0.2) is 0 Å². The number of unbranched alkanes of at least 4 members (excludes halogenated alkanes) is 1. The fourth-order valence-electron chi connectivity index (χ4n) is 3.47. The van der Waals surface area contributed by atoms with E-state index in [0.717, 1.165) is 5.56 Å². The number of aliphatic hydroxyl groups is 1. The van der Waals surface area contributed by atoms with E-state index in [1.54, 1.807) is 24.3 Å². The van der Waals surface area contributed by atoms with Crippen LogP contribution in [-0.4, -0.2) is 76.6 Å². The van der Waals surface area contributed by atoms with Crippen molar-refractivity contribution >= 4 is 29.6 Å². The number of aliphatic carboxylic acids is 1. The molecule has 11 N–H and O–H groups in total. The summed E-state index contributed by atoms with van der Waals surface area (Å²) in [4.78, 5) is 61.0. The fraction of sp³-hybridized carbons (Fsp3) is 0.542. The summed E-state index contributed by atoms with van der Waals surface area (Å²) in [7, 11) is 0. The van der Waals surface area contributed by atoms with Crippen LogP contribution in [-0.2, 0) is 30.4 Å². The Morgan fingerprint density at radius 3 is 2.05 bits per heavy atom. The SMILES string of the molecule is CC(O)C(NC(=O)C(N)Cc1ccccc1)C(=O)NC(CCCCN)C(=O)NC(CCC(N)=O)C(=O)O. The summed E-state index contributed by atoms with van der Waals surface area (Å²) < 4.78 is 0. The summed E-state index contributed by atoms with van der Waals surface area (Å²) in [6, 6.07) is 3.98. The van der Waals surface area contributed by atoms with E-state index >= 15 is 0 Å². The molecule has 5 unspecified atom stereocenters. The fourth-order valence-corrected chi connectivity index (χ4v) is 3.47. The van der Waals surface area contributed by atoms with Crippen LogP contribution in [0.25, 0.3) is 0 Å². The van der Waals surface area contributed by atoms with Gasteiger partial charge in [-0.15, -0.1) is 0 Å². The lowest BCUT2D eigenvalue weighted by molar-refractivity contribution is -0.142. The van der Waals surface area contributed by atoms with Gasteiger partial charge in [0.2, 0.25) is 23.6 Å². The van der Waals surface area contributed by atoms with Gasteiger partial charge in [0.1, 0.15) is 18.1 Å². The molecule has 1 rings (SSSR count). The maximum Gasteiger partial charge on any atom is 0.326 e. The van der Waals surface area contributed by atoms with E-state index in [-0.39, 0.29) is 25.7 Å². The second kappa shape index (κ2) is 16.2. The minimum Gasteiger partial charge on any atom is -0.480 e. The van der Waals surface area contributed by atoms with Gasteiger partial charge in [-0.3, -0.25) is 19.2 Å². The first kappa shape index (κ1) is 31.5. The number of hydrogen-bond donors (Lipinski definition) is 8. The average molecular weight is 523 g/mol. The molecule has 0 aliphatic carbocycles. The molecule has 1 aromatic rings. The molecule has 206 valence electrons. The van der Waals surface area contributed by atoms with Crippen LogP contribution in [0.2, 0.25) is 0 Å². The first-order valence-corrected chi connectivity index (χ1v) is 12.1. The van der Waals surface area contributed by atoms with Crippen LogP contribution in [0.15, 0.2) is 30.3 Å². The number of amides is 4. The van der Waals surface area contributed by atoms with E-state index in [0.29, 0.717) is 19.4 Å². The molecule has 13 nitrogen and oxygen atoms in total. The molecule has 0 saturated carbocycles. The number of hydrogen-bond acceptors (Lipinski definition) is 8. The third-order valence-electron chi connectivity index (χ3n) is 5.57. The molecule has 4 amide bonds. The molecule has 5 atom stereocenters. The van der Waals surface area contributed by atoms with E-state index in [9.17, 15) is 34.2 Å². The Balaban J connectivity index is 2.92. The van der Waals surface area contributed by atoms with E-state index < -0.39 is 59.9 Å². The molecule has 0 spiro atoms. The highest BCUT2D eigenvalue weighted by atomic mass is 16.4. The number of carbonyl (C=O) groups excluding carboxylic acids is 4. The lowest BCUT2D eigenvalue weighted by atomic mass is 10.0. The van der Waals surface area contributed by atoms with Gasteiger partial charge in [0.05, 0.1) is 12.1 Å². The second-order valence-electron chi connectivity index (χ2n) is 8.77. The molecular formula is C24H38N6O7. The van der Waals surface area contributed by atoms with Gasteiger partial charge in [-0.25, -0.2) is 4.79 Å². The minimum atomic E-state index is -1.43. The largest absolute Gasteiger partial charge is 0.480 e. The van der Waals surface area contributed by atoms with Gasteiger partial charge in [-0.05, 0) is 51.1 Å². The lowest BCUT2D eigenvalue weighted by Gasteiger charge is -2.26. The van der Waals surface area contributed by atoms with Crippen molar-refractivity contribution in [3.05, 3.63) is 35.9 Å². The normalized spacial score (nSPS) is 14.9. The van der Waals surface area contributed by atoms with Crippen molar-refractivity contribution < 1.29 is 34.2 Å². The van der Waals surface area contributed by atoms with Crippen LogP contribution < -0.4 is 33.2 Å². The number of rotatable bonds is 17. The standard InChI is InChI=1S/C24H38N6O7/c1-14(31)20(30-21(33)16(26)13-15-7-3-2-4-8-15)23(35)28-17(9-5-6-12-25)22(34)29-18(24(36)37)10-11-19(27)32/h2-4,7-8,14,16-18,20,31H,5-6,9-13,25-26H2,1H3,(H2,27,32)(H,28,35)(H,29,34)(H,30,33)(H,36,37). The predicted molar refractivity (Wildman–Crippen MR) is 135 cm³/mol. The topological polar surface area (TPSA) is 240 Å². The zero-order valence-electron chi connectivity index (χ0n) is 20.9. The molecule has 0 heterocycles. The molecule has 13 heteroatoms. The van der Waals surface area contributed by atoms with E-state index in [1.807, 2.05) is 6.07 Å². The van der Waals surface area contributed by atoms with Crippen LogP contribution in [0.1, 0.15) is 44.6 Å². The first-order valence-electron chi connectivity index (χ1n) is 12.1. The van der Waals surface area contributed by atoms with Gasteiger partial charge < -0.3 is 43.4 Å². The highest BCUT2D eigenvalue weighted by Crippen LogP contribution is 2.07. The number of aliphatic hydroxyl groups excluding tert-OH is 1. The van der Waals surface area contributed by atoms with Gasteiger partial charge in [-0.2, -0.15) is 0 Å². The van der Waals surface area contributed by atoms with Crippen molar-refractivity contribution in [3.63, 3.8) is 0 Å². The third kappa shape index (κ3) is 11.8. The summed E-state index contributed by atoms with van der Waals surface area (Å²) >= 11 is 0. The van der Waals surface area contributed by atoms with Crippen molar-refractivity contribution in [3.8, 4) is 0 Å². The van der Waals surface area contributed by atoms with Crippen LogP contribution >= 0.6 is 0 Å². The smallest absolute Gasteiger partial charge is 0.326 e. The maximum atomic E-state index is 13.0. The van der Waals surface area contributed by atoms with Crippen molar-refractivity contribution in [1.29, 1.82) is 0 Å². The quantitative estimate of drug-likeness (QED) is 0.104. The number of primary amides is 1. The van der Waals surface area contributed by atoms with Crippen molar-refractivity contribution in [2.75, 3.05) is 6.54 Å². The number of nitrogens with two attached hydrogens (primary N) is 3. The van der Waals surface area contributed by atoms with Crippen LogP contribution in [0.5, 0.6) is 0 Å². The van der Waals surface area contributed by atoms with E-state index in [4.69, 9.17) is 17.2 Å². The number of nitrogens with one attached hydrogen (secondary N) is 3. The molecule has 0 saturated heterocycles. The Bertz CT molecular complexity index is 912. The Labute approximate surface area is 215 Å². The van der Waals surface area contributed by atoms with Gasteiger partial charge in [0, 0.05) is 6.42 Å². The summed E-state index contributed by atoms with van der Waals surface area (Å²) in [6.07, 6.45) is -0.539. The van der Waals surface area contributed by atoms with Crippen LogP contribution in [0.4, 0.5) is 0 Å². The molecule has 0 aromatic heterocycles. The predicted octanol–water partition coefficient (Wildman–Crippen LogP) is -2.13. The zero-order valence-corrected chi connectivity index (χ0v) is 20.9. The van der Waals surface area contributed by atoms with Gasteiger partial charge in [-0.1, -0.05) is 30.3 Å². The first-order chi connectivity index (χ1) is 17.5. The van der Waals surface area contributed by atoms with Gasteiger partial charge in [0.25, 0.3) is 0 Å². The average Bonchev–Trinajstić information content (AvgIpc) is 2.84. The molecule has 37 heavy (non-hydrogen) atoms. The molecule has 0 radical (unpaired) electrons. The summed E-state index contributed by atoms with van der Waals surface area (Å²) in [5.41, 5.74) is 17.3. The number of carbonyl (C=O) groups is 5. The molecule has 0 aliphatic rings. The second-order valence-corrected chi connectivity index (χ2v) is 8.77. The maximum absolute atomic E-state index is 13.0. The monoisotopic (exact) mass is 522 g/mol. The highest BCUT2D eigenvalue weighted by molar-refractivity contribution is 5.94. The Hall–Kier alpha value is -3.55. The molecule has 0 fully saturated rings. The van der Waals surface area contributed by atoms with Crippen LogP contribution in [0.3, 0.4) is 0 Å². The minimum absolute atomic E-state index is 0.116. The Kier molecular flexibility index (Phi) is 13.8. The summed E-state index contributed by atoms with van der Waals surface area (Å²) in [5.74, 6) is -4.44. The van der Waals surface area contributed by atoms with Crippen LogP contribution in [0, 0.1) is 0 Å². The summed E-state index contributed by atoms with van der Waals surface area (Å²) in [5, 5.41) is 26.7. The van der Waals surface area contributed by atoms with Crippen molar-refractivity contribution in [1.82, 2.24) is 16.0 Å². The highest BCUT2D eigenvalue weighted by Gasteiger charge is 2.32. The number of carboxylic acids is 1. The van der Waals surface area contributed by atoms with Crippen molar-refractivity contribution in [2.24, 2.45) is 17.2 Å². The zero-order chi connectivity index (χ0) is 28.0. The van der Waals surface area contributed by atoms with Crippen molar-refractivity contribution in [2.45, 2.75) is 75.7 Å². The number of carboxylic acid groups (broad SMARTS) is 1. The van der Waals surface area contributed by atoms with E-state index in [2.05, 4.69) is 16.0 Å². The Morgan fingerprint density at radius 1 is 0.892 bits per heavy atom. The number of benzene rings is 1. The summed E-state index contributed by atoms with van der Waals surface area (Å²) in [6.45, 7) is 1.63. The molecular weight excluding hydrogens is 484 g/mol. The molecule has 1 aromatic carbocycles.